The van der Waals surface area contributed by atoms with Crippen LogP contribution in [0.3, 0.4) is 0 Å². The highest BCUT2D eigenvalue weighted by Gasteiger charge is 2.21. The number of hydrogen-bond donors (Lipinski definition) is 2. The summed E-state index contributed by atoms with van der Waals surface area (Å²) in [5.74, 6) is -2.00. The molecule has 3 heterocycles. The number of aliphatic hydroxyl groups is 1. The molecule has 0 bridgehead atoms. The summed E-state index contributed by atoms with van der Waals surface area (Å²) < 4.78 is 36.3. The first kappa shape index (κ1) is 25.7. The molecule has 0 spiro atoms. The summed E-state index contributed by atoms with van der Waals surface area (Å²) >= 11 is 0. The van der Waals surface area contributed by atoms with Crippen molar-refractivity contribution < 1.29 is 28.1 Å². The summed E-state index contributed by atoms with van der Waals surface area (Å²) in [6, 6.07) is 15.3. The highest BCUT2D eigenvalue weighted by molar-refractivity contribution is 6.02. The fraction of sp³-hybridized carbons (Fsp3) is 0.143. The molecule has 0 aliphatic rings. The average Bonchev–Trinajstić information content (AvgIpc) is 3.34. The number of nitrogens with one attached hydrogen (secondary N) is 1. The van der Waals surface area contributed by atoms with E-state index < -0.39 is 17.5 Å². The lowest BCUT2D eigenvalue weighted by Crippen LogP contribution is -2.38. The number of nitrogens with zero attached hydrogens (tertiary/aromatic N) is 4. The van der Waals surface area contributed by atoms with Gasteiger partial charge in [-0.2, -0.15) is 9.71 Å². The van der Waals surface area contributed by atoms with Gasteiger partial charge in [0.1, 0.15) is 17.7 Å². The molecule has 0 unspecified atom stereocenters. The number of hydrogen-bond acceptors (Lipinski definition) is 6. The Morgan fingerprint density at radius 3 is 2.67 bits per heavy atom. The van der Waals surface area contributed by atoms with Crippen LogP contribution in [0.1, 0.15) is 17.4 Å². The summed E-state index contributed by atoms with van der Waals surface area (Å²) in [6.45, 7) is 2.36. The Kier molecular flexibility index (Phi) is 7.15. The maximum absolute atomic E-state index is 15.0. The van der Waals surface area contributed by atoms with Crippen LogP contribution >= 0.6 is 0 Å². The Bertz CT molecular complexity index is 1660. The van der Waals surface area contributed by atoms with E-state index in [4.69, 9.17) is 4.74 Å². The van der Waals surface area contributed by atoms with Gasteiger partial charge < -0.3 is 24.9 Å². The van der Waals surface area contributed by atoms with Crippen molar-refractivity contribution in [1.82, 2.24) is 14.5 Å². The van der Waals surface area contributed by atoms with Gasteiger partial charge >= 0.3 is 5.91 Å². The van der Waals surface area contributed by atoms with E-state index in [-0.39, 0.29) is 41.2 Å². The van der Waals surface area contributed by atoms with Crippen LogP contribution in [-0.4, -0.2) is 32.2 Å². The Labute approximate surface area is 221 Å². The van der Waals surface area contributed by atoms with Crippen molar-refractivity contribution in [2.24, 2.45) is 5.92 Å². The lowest BCUT2D eigenvalue weighted by atomic mass is 10.1. The van der Waals surface area contributed by atoms with Crippen molar-refractivity contribution in [3.63, 3.8) is 0 Å². The fourth-order valence-electron chi connectivity index (χ4n) is 4.08. The number of anilines is 1. The maximum Gasteiger partial charge on any atom is 0.321 e. The molecule has 39 heavy (non-hydrogen) atoms. The molecule has 1 amide bonds. The van der Waals surface area contributed by atoms with Crippen LogP contribution in [0.5, 0.6) is 11.6 Å². The minimum atomic E-state index is -0.767. The molecular weight excluding hydrogens is 508 g/mol. The van der Waals surface area contributed by atoms with Crippen LogP contribution < -0.4 is 14.8 Å². The maximum atomic E-state index is 15.0. The van der Waals surface area contributed by atoms with Gasteiger partial charge in [-0.15, -0.1) is 0 Å². The zero-order chi connectivity index (χ0) is 27.5. The smallest absolute Gasteiger partial charge is 0.321 e. The third kappa shape index (κ3) is 5.39. The second-order valence-electron chi connectivity index (χ2n) is 8.97. The van der Waals surface area contributed by atoms with Crippen LogP contribution in [0.2, 0.25) is 0 Å². The van der Waals surface area contributed by atoms with Crippen LogP contribution in [0.4, 0.5) is 14.5 Å². The number of carbonyl (C=O) groups is 1. The number of benzene rings is 2. The third-order valence-corrected chi connectivity index (χ3v) is 6.05. The van der Waals surface area contributed by atoms with Gasteiger partial charge in [-0.25, -0.2) is 13.8 Å². The van der Waals surface area contributed by atoms with Gasteiger partial charge in [0.2, 0.25) is 11.6 Å². The summed E-state index contributed by atoms with van der Waals surface area (Å²) in [5, 5.41) is 24.8. The molecule has 5 rings (SSSR count). The Balaban J connectivity index is 1.36. The molecule has 5 aromatic rings. The van der Waals surface area contributed by atoms with Gasteiger partial charge in [-0.05, 0) is 54.4 Å². The van der Waals surface area contributed by atoms with Gasteiger partial charge in [0, 0.05) is 48.8 Å². The van der Waals surface area contributed by atoms with E-state index in [1.165, 1.54) is 60.9 Å². The molecule has 0 aliphatic carbocycles. The minimum absolute atomic E-state index is 0.00571. The standard InChI is InChI=1S/C28H23F2N5O4/c1-17(15-36)14-34-12-11-22-26(34)28(32-16-31-22)39-25-10-9-20(13-21(25)30)33-27(37)24-4-2-3-23(35(24)38)18-5-7-19(29)8-6-18/h2-13,16-17,36H,14-15H2,1H3,(H,33,37)/t17-/m1/s1. The largest absolute Gasteiger partial charge is 0.618 e. The number of halogens is 2. The lowest BCUT2D eigenvalue weighted by molar-refractivity contribution is -0.595. The summed E-state index contributed by atoms with van der Waals surface area (Å²) in [5.41, 5.74) is 1.62. The molecule has 9 nitrogen and oxygen atoms in total. The van der Waals surface area contributed by atoms with Gasteiger partial charge in [0.15, 0.2) is 11.6 Å². The van der Waals surface area contributed by atoms with E-state index in [0.29, 0.717) is 27.9 Å². The molecule has 0 fully saturated rings. The summed E-state index contributed by atoms with van der Waals surface area (Å²) in [6.07, 6.45) is 3.10. The highest BCUT2D eigenvalue weighted by atomic mass is 19.1. The van der Waals surface area contributed by atoms with Crippen molar-refractivity contribution in [1.29, 1.82) is 0 Å². The predicted molar refractivity (Wildman–Crippen MR) is 139 cm³/mol. The summed E-state index contributed by atoms with van der Waals surface area (Å²) in [4.78, 5) is 21.2. The zero-order valence-electron chi connectivity index (χ0n) is 20.7. The first-order chi connectivity index (χ1) is 18.8. The lowest BCUT2D eigenvalue weighted by Gasteiger charge is -2.13. The van der Waals surface area contributed by atoms with E-state index in [9.17, 15) is 19.5 Å². The second-order valence-corrected chi connectivity index (χ2v) is 8.97. The molecule has 198 valence electrons. The molecule has 2 aromatic carbocycles. The molecule has 11 heteroatoms. The van der Waals surface area contributed by atoms with E-state index >= 15 is 4.39 Å². The number of amides is 1. The summed E-state index contributed by atoms with van der Waals surface area (Å²) in [7, 11) is 0. The minimum Gasteiger partial charge on any atom is -0.618 e. The van der Waals surface area contributed by atoms with Crippen molar-refractivity contribution >= 4 is 22.6 Å². The zero-order valence-corrected chi connectivity index (χ0v) is 20.7. The van der Waals surface area contributed by atoms with Crippen molar-refractivity contribution in [3.8, 4) is 22.9 Å². The normalized spacial score (nSPS) is 11.9. The number of carbonyl (C=O) groups excluding carboxylic acids is 1. The Morgan fingerprint density at radius 2 is 1.92 bits per heavy atom. The monoisotopic (exact) mass is 531 g/mol. The number of aromatic nitrogens is 4. The number of aliphatic hydroxyl groups excluding tert-OH is 1. The second kappa shape index (κ2) is 10.8. The topological polar surface area (TPSA) is 116 Å². The van der Waals surface area contributed by atoms with Gasteiger partial charge in [0.25, 0.3) is 5.69 Å². The first-order valence-corrected chi connectivity index (χ1v) is 12.0. The quantitative estimate of drug-likeness (QED) is 0.222. The molecule has 3 aromatic heterocycles. The van der Waals surface area contributed by atoms with Gasteiger partial charge in [-0.3, -0.25) is 4.79 Å². The number of fused-ring (bicyclic) bond motifs is 1. The van der Waals surface area contributed by atoms with E-state index in [2.05, 4.69) is 15.3 Å². The van der Waals surface area contributed by atoms with Gasteiger partial charge in [0.05, 0.1) is 5.52 Å². The molecule has 0 saturated carbocycles. The fourth-order valence-corrected chi connectivity index (χ4v) is 4.08. The third-order valence-electron chi connectivity index (χ3n) is 6.05. The number of pyridine rings is 1. The SMILES string of the molecule is C[C@@H](CO)Cn1ccc2ncnc(Oc3ccc(NC(=O)c4cccc(-c5ccc(F)cc5)[n+]4[O-])cc3F)c21. The molecule has 1 atom stereocenters. The number of ether oxygens (including phenoxy) is 1. The Morgan fingerprint density at radius 1 is 1.13 bits per heavy atom. The van der Waals surface area contributed by atoms with Crippen LogP contribution in [0.15, 0.2) is 79.3 Å². The predicted octanol–water partition coefficient (Wildman–Crippen LogP) is 4.68. The van der Waals surface area contributed by atoms with E-state index in [0.717, 1.165) is 6.07 Å². The Hall–Kier alpha value is -4.90. The number of rotatable bonds is 8. The van der Waals surface area contributed by atoms with E-state index in [1.807, 2.05) is 11.5 Å². The van der Waals surface area contributed by atoms with Gasteiger partial charge in [-0.1, -0.05) is 6.92 Å². The van der Waals surface area contributed by atoms with Crippen LogP contribution in [-0.2, 0) is 6.54 Å². The molecule has 0 aliphatic heterocycles. The van der Waals surface area contributed by atoms with Crippen molar-refractivity contribution in [2.45, 2.75) is 13.5 Å². The van der Waals surface area contributed by atoms with Crippen LogP contribution in [0, 0.1) is 22.8 Å². The van der Waals surface area contributed by atoms with E-state index in [1.54, 1.807) is 12.3 Å². The highest BCUT2D eigenvalue weighted by Crippen LogP contribution is 2.31. The molecule has 0 radical (unpaired) electrons. The molecule has 0 saturated heterocycles. The molecule has 2 N–H and O–H groups in total. The average molecular weight is 532 g/mol. The van der Waals surface area contributed by atoms with Crippen LogP contribution in [0.25, 0.3) is 22.3 Å². The first-order valence-electron chi connectivity index (χ1n) is 12.0. The van der Waals surface area contributed by atoms with Crippen molar-refractivity contribution in [2.75, 3.05) is 11.9 Å². The van der Waals surface area contributed by atoms with Crippen molar-refractivity contribution in [3.05, 3.63) is 102 Å². The molecular formula is C28H23F2N5O4.